The van der Waals surface area contributed by atoms with Gasteiger partial charge in [-0.15, -0.1) is 0 Å². The Balaban J connectivity index is 2.38. The van der Waals surface area contributed by atoms with Crippen LogP contribution in [0.25, 0.3) is 0 Å². The number of carboxylic acids is 1. The fourth-order valence-corrected chi connectivity index (χ4v) is 2.52. The summed E-state index contributed by atoms with van der Waals surface area (Å²) >= 11 is 0. The second-order valence-electron chi connectivity index (χ2n) is 5.04. The molecule has 1 N–H and O–H groups in total. The van der Waals surface area contributed by atoms with E-state index >= 15 is 0 Å². The van der Waals surface area contributed by atoms with Gasteiger partial charge in [-0.05, 0) is 39.3 Å². The lowest BCUT2D eigenvalue weighted by Crippen LogP contribution is -2.40. The lowest BCUT2D eigenvalue weighted by Gasteiger charge is -2.36. The van der Waals surface area contributed by atoms with Crippen molar-refractivity contribution in [1.29, 1.82) is 0 Å². The van der Waals surface area contributed by atoms with Gasteiger partial charge < -0.3 is 10.0 Å². The Kier molecular flexibility index (Phi) is 5.44. The van der Waals surface area contributed by atoms with Gasteiger partial charge in [-0.2, -0.15) is 13.2 Å². The molecular weight excluding hydrogens is 247 g/mol. The molecule has 106 valence electrons. The van der Waals surface area contributed by atoms with Gasteiger partial charge in [-0.25, -0.2) is 0 Å². The molecule has 1 rings (SSSR count). The van der Waals surface area contributed by atoms with Gasteiger partial charge >= 0.3 is 12.1 Å². The summed E-state index contributed by atoms with van der Waals surface area (Å²) in [6, 6.07) is -0.0702. The molecule has 3 nitrogen and oxygen atoms in total. The Labute approximate surface area is 105 Å². The normalized spacial score (nSPS) is 25.4. The van der Waals surface area contributed by atoms with Crippen LogP contribution >= 0.6 is 0 Å². The highest BCUT2D eigenvalue weighted by Gasteiger charge is 2.42. The summed E-state index contributed by atoms with van der Waals surface area (Å²) in [5, 5.41) is 8.52. The summed E-state index contributed by atoms with van der Waals surface area (Å²) in [5.41, 5.74) is 0. The number of halogens is 3. The minimum atomic E-state index is -4.10. The van der Waals surface area contributed by atoms with Crippen LogP contribution in [0.3, 0.4) is 0 Å². The van der Waals surface area contributed by atoms with E-state index < -0.39 is 18.1 Å². The molecule has 0 aromatic carbocycles. The predicted molar refractivity (Wildman–Crippen MR) is 61.3 cm³/mol. The molecule has 0 aromatic rings. The summed E-state index contributed by atoms with van der Waals surface area (Å²) in [6.45, 7) is 0.543. The third kappa shape index (κ3) is 4.84. The van der Waals surface area contributed by atoms with E-state index in [1.807, 2.05) is 4.90 Å². The first-order valence-corrected chi connectivity index (χ1v) is 6.29. The van der Waals surface area contributed by atoms with Gasteiger partial charge in [0.15, 0.2) is 0 Å². The third-order valence-corrected chi connectivity index (χ3v) is 3.63. The summed E-state index contributed by atoms with van der Waals surface area (Å²) in [4.78, 5) is 12.2. The highest BCUT2D eigenvalue weighted by Crippen LogP contribution is 2.38. The molecule has 0 amide bonds. The van der Waals surface area contributed by atoms with Crippen molar-refractivity contribution < 1.29 is 23.1 Å². The van der Waals surface area contributed by atoms with E-state index in [4.69, 9.17) is 5.11 Å². The molecule has 0 saturated heterocycles. The predicted octanol–water partition coefficient (Wildman–Crippen LogP) is 2.90. The molecule has 0 bridgehead atoms. The van der Waals surface area contributed by atoms with Crippen LogP contribution in [0.5, 0.6) is 0 Å². The second kappa shape index (κ2) is 6.41. The van der Waals surface area contributed by atoms with Crippen LogP contribution in [-0.4, -0.2) is 41.8 Å². The van der Waals surface area contributed by atoms with Crippen LogP contribution in [0.1, 0.15) is 38.5 Å². The molecule has 1 aliphatic carbocycles. The second-order valence-corrected chi connectivity index (χ2v) is 5.04. The van der Waals surface area contributed by atoms with Crippen molar-refractivity contribution in [2.24, 2.45) is 5.92 Å². The molecule has 2 unspecified atom stereocenters. The number of nitrogens with zero attached hydrogens (tertiary/aromatic N) is 1. The highest BCUT2D eigenvalue weighted by molar-refractivity contribution is 5.66. The lowest BCUT2D eigenvalue weighted by atomic mass is 9.84. The van der Waals surface area contributed by atoms with Crippen molar-refractivity contribution in [3.63, 3.8) is 0 Å². The van der Waals surface area contributed by atoms with Gasteiger partial charge in [0.2, 0.25) is 0 Å². The van der Waals surface area contributed by atoms with E-state index in [-0.39, 0.29) is 25.3 Å². The topological polar surface area (TPSA) is 40.5 Å². The molecule has 0 aromatic heterocycles. The molecule has 0 heterocycles. The fraction of sp³-hybridized carbons (Fsp3) is 0.917. The van der Waals surface area contributed by atoms with E-state index in [2.05, 4.69) is 0 Å². The quantitative estimate of drug-likeness (QED) is 0.832. The molecule has 1 aliphatic rings. The third-order valence-electron chi connectivity index (χ3n) is 3.63. The Hall–Kier alpha value is -0.780. The van der Waals surface area contributed by atoms with Crippen molar-refractivity contribution in [3.8, 4) is 0 Å². The number of aliphatic carboxylic acids is 1. The largest absolute Gasteiger partial charge is 0.481 e. The first-order valence-electron chi connectivity index (χ1n) is 6.29. The SMILES string of the molecule is CN(CCCC(=O)O)C1CCCC(C(F)(F)F)C1. The zero-order valence-corrected chi connectivity index (χ0v) is 10.5. The van der Waals surface area contributed by atoms with E-state index in [9.17, 15) is 18.0 Å². The summed E-state index contributed by atoms with van der Waals surface area (Å²) in [5.74, 6) is -2.06. The van der Waals surface area contributed by atoms with Crippen LogP contribution in [0.15, 0.2) is 0 Å². The van der Waals surface area contributed by atoms with Gasteiger partial charge in [-0.3, -0.25) is 4.79 Å². The summed E-state index contributed by atoms with van der Waals surface area (Å²) in [6.07, 6.45) is -1.80. The van der Waals surface area contributed by atoms with Crippen molar-refractivity contribution in [1.82, 2.24) is 4.90 Å². The molecule has 6 heteroatoms. The molecule has 0 spiro atoms. The zero-order valence-electron chi connectivity index (χ0n) is 10.5. The van der Waals surface area contributed by atoms with E-state index in [0.29, 0.717) is 19.4 Å². The number of carbonyl (C=O) groups is 1. The number of carboxylic acid groups (broad SMARTS) is 1. The Bertz CT molecular complexity index is 281. The number of hydrogen-bond donors (Lipinski definition) is 1. The number of rotatable bonds is 5. The molecular formula is C12H20F3NO2. The average molecular weight is 267 g/mol. The van der Waals surface area contributed by atoms with Crippen molar-refractivity contribution in [2.45, 2.75) is 50.7 Å². The summed E-state index contributed by atoms with van der Waals surface area (Å²) < 4.78 is 37.9. The summed E-state index contributed by atoms with van der Waals surface area (Å²) in [7, 11) is 1.78. The van der Waals surface area contributed by atoms with Gasteiger partial charge in [0.05, 0.1) is 5.92 Å². The first-order chi connectivity index (χ1) is 8.30. The van der Waals surface area contributed by atoms with Gasteiger partial charge in [-0.1, -0.05) is 6.42 Å². The Morgan fingerprint density at radius 1 is 1.39 bits per heavy atom. The maximum atomic E-state index is 12.6. The van der Waals surface area contributed by atoms with Gasteiger partial charge in [0, 0.05) is 12.5 Å². The number of hydrogen-bond acceptors (Lipinski definition) is 2. The maximum absolute atomic E-state index is 12.6. The van der Waals surface area contributed by atoms with Gasteiger partial charge in [0.1, 0.15) is 0 Å². The van der Waals surface area contributed by atoms with Crippen LogP contribution in [0.4, 0.5) is 13.2 Å². The average Bonchev–Trinajstić information content (AvgIpc) is 2.27. The number of alkyl halides is 3. The molecule has 0 radical (unpaired) electrons. The van der Waals surface area contributed by atoms with Crippen LogP contribution < -0.4 is 0 Å². The van der Waals surface area contributed by atoms with E-state index in [0.717, 1.165) is 6.42 Å². The lowest BCUT2D eigenvalue weighted by molar-refractivity contribution is -0.186. The monoisotopic (exact) mass is 267 g/mol. The van der Waals surface area contributed by atoms with Crippen molar-refractivity contribution >= 4 is 5.97 Å². The van der Waals surface area contributed by atoms with E-state index in [1.165, 1.54) is 0 Å². The van der Waals surface area contributed by atoms with E-state index in [1.54, 1.807) is 7.05 Å². The molecule has 0 aliphatic heterocycles. The minimum Gasteiger partial charge on any atom is -0.481 e. The molecule has 1 fully saturated rings. The molecule has 2 atom stereocenters. The Morgan fingerprint density at radius 2 is 2.06 bits per heavy atom. The standard InChI is InChI=1S/C12H20F3NO2/c1-16(7-3-6-11(17)18)10-5-2-4-9(8-10)12(13,14)15/h9-10H,2-8H2,1H3,(H,17,18). The van der Waals surface area contributed by atoms with Crippen LogP contribution in [0, 0.1) is 5.92 Å². The minimum absolute atomic E-state index is 0.0692. The fourth-order valence-electron chi connectivity index (χ4n) is 2.52. The Morgan fingerprint density at radius 3 is 2.61 bits per heavy atom. The van der Waals surface area contributed by atoms with Crippen molar-refractivity contribution in [3.05, 3.63) is 0 Å². The maximum Gasteiger partial charge on any atom is 0.391 e. The highest BCUT2D eigenvalue weighted by atomic mass is 19.4. The van der Waals surface area contributed by atoms with Crippen molar-refractivity contribution in [2.75, 3.05) is 13.6 Å². The van der Waals surface area contributed by atoms with Gasteiger partial charge in [0.25, 0.3) is 0 Å². The first kappa shape index (κ1) is 15.3. The molecule has 18 heavy (non-hydrogen) atoms. The molecule has 1 saturated carbocycles. The smallest absolute Gasteiger partial charge is 0.391 e. The van der Waals surface area contributed by atoms with Crippen LogP contribution in [-0.2, 0) is 4.79 Å². The zero-order chi connectivity index (χ0) is 13.8. The van der Waals surface area contributed by atoms with Crippen LogP contribution in [0.2, 0.25) is 0 Å².